The molecule has 3 aromatic rings. The molecule has 1 saturated heterocycles. The van der Waals surface area contributed by atoms with Gasteiger partial charge in [-0.15, -0.1) is 0 Å². The lowest BCUT2D eigenvalue weighted by atomic mass is 10.1. The number of pyridine rings is 1. The van der Waals surface area contributed by atoms with Crippen molar-refractivity contribution in [3.63, 3.8) is 0 Å². The maximum atomic E-state index is 5.51. The summed E-state index contributed by atoms with van der Waals surface area (Å²) in [7, 11) is 3.32. The van der Waals surface area contributed by atoms with Gasteiger partial charge in [0, 0.05) is 44.5 Å². The third-order valence-corrected chi connectivity index (χ3v) is 5.18. The van der Waals surface area contributed by atoms with Gasteiger partial charge in [0.15, 0.2) is 11.5 Å². The normalized spacial score (nSPS) is 15.2. The second-order valence-electron chi connectivity index (χ2n) is 6.89. The van der Waals surface area contributed by atoms with Crippen LogP contribution in [-0.2, 0) is 6.54 Å². The largest absolute Gasteiger partial charge is 0.493 e. The molecule has 6 nitrogen and oxygen atoms in total. The topological polar surface area (TPSA) is 51.0 Å². The van der Waals surface area contributed by atoms with Gasteiger partial charge in [0.05, 0.1) is 25.6 Å². The smallest absolute Gasteiger partial charge is 0.161 e. The highest BCUT2D eigenvalue weighted by atomic mass is 16.5. The summed E-state index contributed by atoms with van der Waals surface area (Å²) in [4.78, 5) is 7.48. The summed E-state index contributed by atoms with van der Waals surface area (Å²) in [6.07, 6.45) is 2.11. The molecule has 0 bridgehead atoms. The number of ether oxygens (including phenoxy) is 2. The Bertz CT molecular complexity index is 945. The van der Waals surface area contributed by atoms with E-state index >= 15 is 0 Å². The molecular formula is C21H26N4O2. The van der Waals surface area contributed by atoms with Crippen molar-refractivity contribution in [3.8, 4) is 22.8 Å². The Kier molecular flexibility index (Phi) is 5.01. The van der Waals surface area contributed by atoms with E-state index in [1.54, 1.807) is 14.2 Å². The number of fused-ring (bicyclic) bond motifs is 1. The highest BCUT2D eigenvalue weighted by Gasteiger charge is 2.20. The monoisotopic (exact) mass is 366 g/mol. The summed E-state index contributed by atoms with van der Waals surface area (Å²) in [5.74, 6) is 1.45. The van der Waals surface area contributed by atoms with E-state index in [4.69, 9.17) is 14.5 Å². The number of hydrogen-bond donors (Lipinski definition) is 1. The minimum Gasteiger partial charge on any atom is -0.493 e. The summed E-state index contributed by atoms with van der Waals surface area (Å²) in [6.45, 7) is 7.13. The number of aryl methyl sites for hydroxylation is 1. The van der Waals surface area contributed by atoms with Gasteiger partial charge in [0.2, 0.25) is 0 Å². The molecule has 0 aliphatic carbocycles. The lowest BCUT2D eigenvalue weighted by Crippen LogP contribution is -2.43. The van der Waals surface area contributed by atoms with Crippen LogP contribution >= 0.6 is 0 Å². The zero-order valence-electron chi connectivity index (χ0n) is 16.2. The number of nitrogens with zero attached hydrogens (tertiary/aromatic N) is 3. The van der Waals surface area contributed by atoms with E-state index in [0.717, 1.165) is 61.1 Å². The van der Waals surface area contributed by atoms with Crippen LogP contribution in [0.25, 0.3) is 16.9 Å². The number of benzene rings is 1. The van der Waals surface area contributed by atoms with E-state index < -0.39 is 0 Å². The molecule has 142 valence electrons. The molecule has 1 aliphatic heterocycles. The Morgan fingerprint density at radius 1 is 1.07 bits per heavy atom. The summed E-state index contributed by atoms with van der Waals surface area (Å²) in [5.41, 5.74) is 5.44. The average Bonchev–Trinajstić information content (AvgIpc) is 3.08. The van der Waals surface area contributed by atoms with Crippen molar-refractivity contribution in [1.82, 2.24) is 19.6 Å². The zero-order chi connectivity index (χ0) is 18.8. The fourth-order valence-corrected chi connectivity index (χ4v) is 3.70. The first-order chi connectivity index (χ1) is 13.2. The average molecular weight is 366 g/mol. The maximum Gasteiger partial charge on any atom is 0.161 e. The van der Waals surface area contributed by atoms with E-state index in [0.29, 0.717) is 0 Å². The Balaban J connectivity index is 1.83. The van der Waals surface area contributed by atoms with Crippen LogP contribution in [0.15, 0.2) is 36.5 Å². The zero-order valence-corrected chi connectivity index (χ0v) is 16.2. The van der Waals surface area contributed by atoms with Gasteiger partial charge >= 0.3 is 0 Å². The van der Waals surface area contributed by atoms with Gasteiger partial charge in [0.1, 0.15) is 5.65 Å². The predicted molar refractivity (Wildman–Crippen MR) is 107 cm³/mol. The molecule has 0 spiro atoms. The number of aromatic nitrogens is 2. The van der Waals surface area contributed by atoms with Crippen molar-refractivity contribution in [2.24, 2.45) is 0 Å². The Hall–Kier alpha value is -2.57. The van der Waals surface area contributed by atoms with Crippen LogP contribution in [0.1, 0.15) is 11.3 Å². The lowest BCUT2D eigenvalue weighted by Gasteiger charge is -2.27. The van der Waals surface area contributed by atoms with Crippen molar-refractivity contribution < 1.29 is 9.47 Å². The second-order valence-corrected chi connectivity index (χ2v) is 6.89. The molecular weight excluding hydrogens is 340 g/mol. The van der Waals surface area contributed by atoms with Gasteiger partial charge in [-0.2, -0.15) is 0 Å². The fraction of sp³-hybridized carbons (Fsp3) is 0.381. The number of rotatable bonds is 5. The van der Waals surface area contributed by atoms with Crippen LogP contribution in [0.5, 0.6) is 11.5 Å². The molecule has 4 rings (SSSR count). The molecule has 0 saturated carbocycles. The fourth-order valence-electron chi connectivity index (χ4n) is 3.70. The molecule has 0 radical (unpaired) electrons. The highest BCUT2D eigenvalue weighted by molar-refractivity contribution is 5.70. The molecule has 3 heterocycles. The molecule has 1 fully saturated rings. The molecule has 1 aliphatic rings. The first kappa shape index (κ1) is 17.8. The SMILES string of the molecule is COc1ccc(-c2nc3c(C)cccn3c2CN2CCNCC2)cc1OC. The van der Waals surface area contributed by atoms with E-state index in [2.05, 4.69) is 45.9 Å². The van der Waals surface area contributed by atoms with Gasteiger partial charge in [-0.05, 0) is 36.8 Å². The van der Waals surface area contributed by atoms with Crippen LogP contribution in [-0.4, -0.2) is 54.7 Å². The standard InChI is InChI=1S/C21H26N4O2/c1-15-5-4-10-25-17(14-24-11-8-22-9-12-24)20(23-21(15)25)16-6-7-18(26-2)19(13-16)27-3/h4-7,10,13,22H,8-9,11-12,14H2,1-3H3. The third kappa shape index (κ3) is 3.38. The number of imidazole rings is 1. The Labute approximate surface area is 159 Å². The minimum absolute atomic E-state index is 0.719. The predicted octanol–water partition coefficient (Wildman–Crippen LogP) is 2.73. The second kappa shape index (κ2) is 7.58. The van der Waals surface area contributed by atoms with Gasteiger partial charge < -0.3 is 19.2 Å². The molecule has 1 N–H and O–H groups in total. The lowest BCUT2D eigenvalue weighted by molar-refractivity contribution is 0.230. The van der Waals surface area contributed by atoms with E-state index in [1.807, 2.05) is 12.1 Å². The van der Waals surface area contributed by atoms with Crippen LogP contribution in [0, 0.1) is 6.92 Å². The van der Waals surface area contributed by atoms with Crippen molar-refractivity contribution in [1.29, 1.82) is 0 Å². The first-order valence-corrected chi connectivity index (χ1v) is 9.33. The van der Waals surface area contributed by atoms with E-state index in [1.165, 1.54) is 11.3 Å². The minimum atomic E-state index is 0.719. The molecule has 6 heteroatoms. The van der Waals surface area contributed by atoms with Crippen molar-refractivity contribution >= 4 is 5.65 Å². The number of methoxy groups -OCH3 is 2. The summed E-state index contributed by atoms with van der Waals surface area (Å²) >= 11 is 0. The Morgan fingerprint density at radius 3 is 2.59 bits per heavy atom. The van der Waals surface area contributed by atoms with Gasteiger partial charge in [-0.3, -0.25) is 4.90 Å². The van der Waals surface area contributed by atoms with Crippen molar-refractivity contribution in [2.45, 2.75) is 13.5 Å². The third-order valence-electron chi connectivity index (χ3n) is 5.18. The summed E-state index contributed by atoms with van der Waals surface area (Å²) < 4.78 is 13.1. The summed E-state index contributed by atoms with van der Waals surface area (Å²) in [6, 6.07) is 10.2. The van der Waals surface area contributed by atoms with E-state index in [-0.39, 0.29) is 0 Å². The van der Waals surface area contributed by atoms with Crippen LogP contribution in [0.3, 0.4) is 0 Å². The van der Waals surface area contributed by atoms with E-state index in [9.17, 15) is 0 Å². The molecule has 27 heavy (non-hydrogen) atoms. The van der Waals surface area contributed by atoms with Crippen LogP contribution < -0.4 is 14.8 Å². The number of nitrogens with one attached hydrogen (secondary N) is 1. The highest BCUT2D eigenvalue weighted by Crippen LogP contribution is 2.34. The quantitative estimate of drug-likeness (QED) is 0.752. The van der Waals surface area contributed by atoms with Crippen LogP contribution in [0.2, 0.25) is 0 Å². The van der Waals surface area contributed by atoms with Gasteiger partial charge in [-0.25, -0.2) is 4.98 Å². The van der Waals surface area contributed by atoms with Crippen LogP contribution in [0.4, 0.5) is 0 Å². The molecule has 0 atom stereocenters. The molecule has 1 aromatic carbocycles. The maximum absolute atomic E-state index is 5.51. The molecule has 0 unspecified atom stereocenters. The van der Waals surface area contributed by atoms with Gasteiger partial charge in [0.25, 0.3) is 0 Å². The van der Waals surface area contributed by atoms with Crippen molar-refractivity contribution in [3.05, 3.63) is 47.8 Å². The van der Waals surface area contributed by atoms with Gasteiger partial charge in [-0.1, -0.05) is 6.07 Å². The molecule has 2 aromatic heterocycles. The first-order valence-electron chi connectivity index (χ1n) is 9.33. The number of piperazine rings is 1. The Morgan fingerprint density at radius 2 is 1.85 bits per heavy atom. The molecule has 0 amide bonds. The summed E-state index contributed by atoms with van der Waals surface area (Å²) in [5, 5.41) is 3.42. The van der Waals surface area contributed by atoms with Crippen molar-refractivity contribution in [2.75, 3.05) is 40.4 Å². The number of hydrogen-bond acceptors (Lipinski definition) is 5.